The van der Waals surface area contributed by atoms with Crippen molar-refractivity contribution in [1.29, 1.82) is 0 Å². The molecule has 2 aromatic rings. The molecule has 0 spiro atoms. The molecule has 35 heavy (non-hydrogen) atoms. The molecule has 0 radical (unpaired) electrons. The van der Waals surface area contributed by atoms with Gasteiger partial charge in [0.1, 0.15) is 0 Å². The van der Waals surface area contributed by atoms with E-state index >= 15 is 0 Å². The molecule has 1 heterocycles. The van der Waals surface area contributed by atoms with Crippen LogP contribution in [0.15, 0.2) is 60.7 Å². The predicted molar refractivity (Wildman–Crippen MR) is 139 cm³/mol. The summed E-state index contributed by atoms with van der Waals surface area (Å²) in [5, 5.41) is 2.77. The lowest BCUT2D eigenvalue weighted by Gasteiger charge is -2.30. The zero-order chi connectivity index (χ0) is 25.2. The standard InChI is InChI=1S/C28H35N3O4/c1-4-31(21(2)3)25-13-11-24(12-14-25)29-26(32)20-35-28(34)23-16-18-30(19-17-23)27(33)15-10-22-8-6-5-7-9-22/h5-15,21,23H,4,16-20H2,1-3H3,(H,29,32)/b15-10+. The van der Waals surface area contributed by atoms with Gasteiger partial charge in [0.25, 0.3) is 5.91 Å². The maximum atomic E-state index is 12.4. The highest BCUT2D eigenvalue weighted by Crippen LogP contribution is 2.21. The van der Waals surface area contributed by atoms with Crippen molar-refractivity contribution >= 4 is 35.2 Å². The van der Waals surface area contributed by atoms with Crippen molar-refractivity contribution in [3.05, 3.63) is 66.2 Å². The van der Waals surface area contributed by atoms with Gasteiger partial charge < -0.3 is 19.9 Å². The lowest BCUT2D eigenvalue weighted by Crippen LogP contribution is -2.40. The molecule has 2 amide bonds. The number of benzene rings is 2. The average molecular weight is 478 g/mol. The Morgan fingerprint density at radius 2 is 1.71 bits per heavy atom. The smallest absolute Gasteiger partial charge is 0.309 e. The van der Waals surface area contributed by atoms with Crippen LogP contribution in [0.1, 0.15) is 39.2 Å². The second kappa shape index (κ2) is 12.7. The molecule has 1 aliphatic heterocycles. The topological polar surface area (TPSA) is 79.0 Å². The molecular weight excluding hydrogens is 442 g/mol. The molecule has 1 N–H and O–H groups in total. The number of hydrogen-bond acceptors (Lipinski definition) is 5. The van der Waals surface area contributed by atoms with Gasteiger partial charge in [-0.2, -0.15) is 0 Å². The minimum absolute atomic E-state index is 0.0680. The second-order valence-corrected chi connectivity index (χ2v) is 8.93. The van der Waals surface area contributed by atoms with Crippen LogP contribution in [0.2, 0.25) is 0 Å². The Balaban J connectivity index is 1.39. The van der Waals surface area contributed by atoms with Gasteiger partial charge in [-0.05, 0) is 69.5 Å². The van der Waals surface area contributed by atoms with E-state index in [1.54, 1.807) is 17.1 Å². The number of amides is 2. The number of carbonyl (C=O) groups excluding carboxylic acids is 3. The maximum Gasteiger partial charge on any atom is 0.309 e. The Bertz CT molecular complexity index is 1010. The third-order valence-corrected chi connectivity index (χ3v) is 6.15. The number of likely N-dealkylation sites (tertiary alicyclic amines) is 1. The van der Waals surface area contributed by atoms with Gasteiger partial charge in [-0.1, -0.05) is 30.3 Å². The number of anilines is 2. The van der Waals surface area contributed by atoms with Gasteiger partial charge in [0.05, 0.1) is 5.92 Å². The minimum Gasteiger partial charge on any atom is -0.455 e. The van der Waals surface area contributed by atoms with E-state index in [-0.39, 0.29) is 24.3 Å². The van der Waals surface area contributed by atoms with E-state index in [1.807, 2.05) is 54.6 Å². The number of rotatable bonds is 9. The summed E-state index contributed by atoms with van der Waals surface area (Å²) >= 11 is 0. The van der Waals surface area contributed by atoms with Gasteiger partial charge in [-0.3, -0.25) is 14.4 Å². The van der Waals surface area contributed by atoms with Crippen LogP contribution in [-0.2, 0) is 19.1 Å². The normalized spacial score (nSPS) is 14.2. The third kappa shape index (κ3) is 7.70. The highest BCUT2D eigenvalue weighted by Gasteiger charge is 2.28. The van der Waals surface area contributed by atoms with Gasteiger partial charge in [0, 0.05) is 43.1 Å². The van der Waals surface area contributed by atoms with Gasteiger partial charge in [0.15, 0.2) is 6.61 Å². The fraction of sp³-hybridized carbons (Fsp3) is 0.393. The van der Waals surface area contributed by atoms with Gasteiger partial charge in [0.2, 0.25) is 5.91 Å². The van der Waals surface area contributed by atoms with Crippen molar-refractivity contribution in [2.24, 2.45) is 5.92 Å². The fourth-order valence-electron chi connectivity index (χ4n) is 4.21. The zero-order valence-corrected chi connectivity index (χ0v) is 20.8. The van der Waals surface area contributed by atoms with E-state index < -0.39 is 5.97 Å². The van der Waals surface area contributed by atoms with Crippen LogP contribution in [-0.4, -0.2) is 55.0 Å². The van der Waals surface area contributed by atoms with Crippen LogP contribution in [0, 0.1) is 5.92 Å². The van der Waals surface area contributed by atoms with Gasteiger partial charge >= 0.3 is 5.97 Å². The van der Waals surface area contributed by atoms with Crippen molar-refractivity contribution in [1.82, 2.24) is 4.90 Å². The first-order valence-electron chi connectivity index (χ1n) is 12.2. The molecule has 0 atom stereocenters. The van der Waals surface area contributed by atoms with Crippen molar-refractivity contribution in [2.45, 2.75) is 39.7 Å². The van der Waals surface area contributed by atoms with Crippen molar-refractivity contribution < 1.29 is 19.1 Å². The molecule has 186 valence electrons. The Labute approximate surface area is 207 Å². The molecule has 0 unspecified atom stereocenters. The predicted octanol–water partition coefficient (Wildman–Crippen LogP) is 4.36. The van der Waals surface area contributed by atoms with Crippen LogP contribution in [0.4, 0.5) is 11.4 Å². The lowest BCUT2D eigenvalue weighted by atomic mass is 9.97. The number of ether oxygens (including phenoxy) is 1. The number of nitrogens with zero attached hydrogens (tertiary/aromatic N) is 2. The van der Waals surface area contributed by atoms with E-state index in [9.17, 15) is 14.4 Å². The van der Waals surface area contributed by atoms with E-state index in [0.717, 1.165) is 17.8 Å². The molecule has 3 rings (SSSR count). The number of piperidine rings is 1. The molecule has 1 fully saturated rings. The van der Waals surface area contributed by atoms with Gasteiger partial charge in [-0.15, -0.1) is 0 Å². The Morgan fingerprint density at radius 3 is 2.31 bits per heavy atom. The first-order valence-corrected chi connectivity index (χ1v) is 12.2. The van der Waals surface area contributed by atoms with Crippen LogP contribution in [0.25, 0.3) is 6.08 Å². The maximum absolute atomic E-state index is 12.4. The molecule has 1 aliphatic rings. The lowest BCUT2D eigenvalue weighted by molar-refractivity contribution is -0.153. The minimum atomic E-state index is -0.391. The Hall–Kier alpha value is -3.61. The molecule has 7 nitrogen and oxygen atoms in total. The largest absolute Gasteiger partial charge is 0.455 e. The van der Waals surface area contributed by atoms with Crippen LogP contribution in [0.5, 0.6) is 0 Å². The second-order valence-electron chi connectivity index (χ2n) is 8.93. The van der Waals surface area contributed by atoms with Crippen LogP contribution >= 0.6 is 0 Å². The summed E-state index contributed by atoms with van der Waals surface area (Å²) in [7, 11) is 0. The summed E-state index contributed by atoms with van der Waals surface area (Å²) < 4.78 is 5.25. The molecule has 1 saturated heterocycles. The SMILES string of the molecule is CCN(c1ccc(NC(=O)COC(=O)C2CCN(C(=O)/C=C/c3ccccc3)CC2)cc1)C(C)C. The molecular formula is C28H35N3O4. The molecule has 0 aliphatic carbocycles. The fourth-order valence-corrected chi connectivity index (χ4v) is 4.21. The first kappa shape index (κ1) is 26.0. The molecule has 2 aromatic carbocycles. The zero-order valence-electron chi connectivity index (χ0n) is 20.8. The monoisotopic (exact) mass is 477 g/mol. The molecule has 0 bridgehead atoms. The van der Waals surface area contributed by atoms with Crippen molar-refractivity contribution in [2.75, 3.05) is 36.5 Å². The van der Waals surface area contributed by atoms with E-state index in [0.29, 0.717) is 37.7 Å². The van der Waals surface area contributed by atoms with Crippen molar-refractivity contribution in [3.63, 3.8) is 0 Å². The number of esters is 1. The summed E-state index contributed by atoms with van der Waals surface area (Å²) in [5.41, 5.74) is 2.71. The summed E-state index contributed by atoms with van der Waals surface area (Å²) in [6.45, 7) is 7.93. The summed E-state index contributed by atoms with van der Waals surface area (Å²) in [6, 6.07) is 17.7. The summed E-state index contributed by atoms with van der Waals surface area (Å²) in [5.74, 6) is -1.14. The van der Waals surface area contributed by atoms with Gasteiger partial charge in [-0.25, -0.2) is 0 Å². The molecule has 0 saturated carbocycles. The highest BCUT2D eigenvalue weighted by atomic mass is 16.5. The van der Waals surface area contributed by atoms with Crippen LogP contribution in [0.3, 0.4) is 0 Å². The van der Waals surface area contributed by atoms with Crippen LogP contribution < -0.4 is 10.2 Å². The molecule has 7 heteroatoms. The number of nitrogens with one attached hydrogen (secondary N) is 1. The quantitative estimate of drug-likeness (QED) is 0.429. The number of carbonyl (C=O) groups is 3. The first-order chi connectivity index (χ1) is 16.9. The Kier molecular flexibility index (Phi) is 9.47. The van der Waals surface area contributed by atoms with E-state index in [4.69, 9.17) is 4.74 Å². The third-order valence-electron chi connectivity index (χ3n) is 6.15. The van der Waals surface area contributed by atoms with E-state index in [1.165, 1.54) is 0 Å². The average Bonchev–Trinajstić information content (AvgIpc) is 2.88. The highest BCUT2D eigenvalue weighted by molar-refractivity contribution is 5.93. The summed E-state index contributed by atoms with van der Waals surface area (Å²) in [6.07, 6.45) is 4.40. The molecule has 0 aromatic heterocycles. The Morgan fingerprint density at radius 1 is 1.06 bits per heavy atom. The van der Waals surface area contributed by atoms with Crippen molar-refractivity contribution in [3.8, 4) is 0 Å². The number of hydrogen-bond donors (Lipinski definition) is 1. The van der Waals surface area contributed by atoms with E-state index in [2.05, 4.69) is 31.0 Å². The summed E-state index contributed by atoms with van der Waals surface area (Å²) in [4.78, 5) is 41.1.